The molecule has 1 saturated heterocycles. The van der Waals surface area contributed by atoms with E-state index in [2.05, 4.69) is 26.0 Å². The number of fused-ring (bicyclic) bond motifs is 1. The van der Waals surface area contributed by atoms with Crippen LogP contribution < -0.4 is 0 Å². The average Bonchev–Trinajstić information content (AvgIpc) is 2.53. The van der Waals surface area contributed by atoms with Crippen LogP contribution >= 0.6 is 0 Å². The molecule has 0 saturated carbocycles. The first-order chi connectivity index (χ1) is 5.27. The Morgan fingerprint density at radius 3 is 2.50 bits per heavy atom. The van der Waals surface area contributed by atoms with Gasteiger partial charge < -0.3 is 19.6 Å². The van der Waals surface area contributed by atoms with Crippen LogP contribution in [0, 0.1) is 20.8 Å². The summed E-state index contributed by atoms with van der Waals surface area (Å²) in [5.41, 5.74) is 0.273. The van der Waals surface area contributed by atoms with Crippen molar-refractivity contribution >= 4 is 0 Å². The third kappa shape index (κ3) is 2.95. The van der Waals surface area contributed by atoms with Crippen LogP contribution in [0.15, 0.2) is 12.2 Å². The van der Waals surface area contributed by atoms with Crippen LogP contribution in [0.2, 0.25) is 0 Å². The molecule has 0 spiro atoms. The van der Waals surface area contributed by atoms with E-state index in [1.807, 2.05) is 0 Å². The van der Waals surface area contributed by atoms with E-state index in [4.69, 9.17) is 4.74 Å². The Labute approximate surface area is 104 Å². The van der Waals surface area contributed by atoms with Gasteiger partial charge >= 0.3 is 21.7 Å². The van der Waals surface area contributed by atoms with Crippen LogP contribution in [-0.2, 0) is 26.5 Å². The topological polar surface area (TPSA) is 12.5 Å². The van der Waals surface area contributed by atoms with E-state index in [1.165, 1.54) is 12.8 Å². The molecule has 1 aliphatic heterocycles. The molecule has 1 nitrogen and oxygen atoms in total. The Hall–Kier alpha value is 0.414. The normalized spacial score (nSPS) is 33.1. The molecule has 0 radical (unpaired) electrons. The van der Waals surface area contributed by atoms with E-state index in [-0.39, 0.29) is 42.2 Å². The molecule has 0 aromatic heterocycles. The van der Waals surface area contributed by atoms with Gasteiger partial charge in [0.2, 0.25) is 0 Å². The molecular weight excluding hydrogens is 208 g/mol. The van der Waals surface area contributed by atoms with Crippen molar-refractivity contribution in [3.63, 3.8) is 0 Å². The molecule has 1 aliphatic carbocycles. The molecule has 0 amide bonds. The predicted molar refractivity (Wildman–Crippen MR) is 58.3 cm³/mol. The first-order valence-corrected chi connectivity index (χ1v) is 4.61. The van der Waals surface area contributed by atoms with Crippen LogP contribution in [0.3, 0.4) is 0 Å². The predicted octanol–water partition coefficient (Wildman–Crippen LogP) is 3.42. The van der Waals surface area contributed by atoms with Gasteiger partial charge in [-0.25, -0.2) is 0 Å². The average molecular weight is 230 g/mol. The third-order valence-corrected chi connectivity index (χ3v) is 2.99. The Bertz CT molecular complexity index is 191. The molecule has 0 N–H and O–H groups in total. The summed E-state index contributed by atoms with van der Waals surface area (Å²) in [5, 5.41) is 0. The maximum absolute atomic E-state index is 5.63. The number of ether oxygens (including phenoxy) is 1. The van der Waals surface area contributed by atoms with Crippen LogP contribution in [0.5, 0.6) is 0 Å². The molecule has 14 heavy (non-hydrogen) atoms. The fourth-order valence-corrected chi connectivity index (χ4v) is 1.97. The van der Waals surface area contributed by atoms with E-state index < -0.39 is 0 Å². The minimum atomic E-state index is 0. The Kier molecular flexibility index (Phi) is 7.33. The molecule has 2 heteroatoms. The van der Waals surface area contributed by atoms with Gasteiger partial charge in [-0.15, -0.1) is 0 Å². The fraction of sp³-hybridized carbons (Fsp3) is 0.667. The molecule has 3 unspecified atom stereocenters. The number of hydrogen-bond acceptors (Lipinski definition) is 1. The maximum Gasteiger partial charge on any atom is 2.00 e. The van der Waals surface area contributed by atoms with Gasteiger partial charge in [-0.2, -0.15) is 0 Å². The Balaban J connectivity index is 0. The molecule has 2 rings (SSSR count). The second-order valence-electron chi connectivity index (χ2n) is 3.95. The summed E-state index contributed by atoms with van der Waals surface area (Å²) in [6.07, 6.45) is 8.64. The summed E-state index contributed by atoms with van der Waals surface area (Å²) >= 11 is 0. The van der Waals surface area contributed by atoms with Gasteiger partial charge in [0, 0.05) is 0 Å². The van der Waals surface area contributed by atoms with Gasteiger partial charge in [-0.05, 0) is 18.8 Å². The van der Waals surface area contributed by atoms with Crippen molar-refractivity contribution in [1.82, 2.24) is 0 Å². The smallest absolute Gasteiger partial charge is 0.361 e. The summed E-state index contributed by atoms with van der Waals surface area (Å²) in [6, 6.07) is 0. The van der Waals surface area contributed by atoms with Crippen molar-refractivity contribution in [3.05, 3.63) is 27.0 Å². The van der Waals surface area contributed by atoms with Crippen molar-refractivity contribution in [2.75, 3.05) is 0 Å². The number of hydrogen-bond donors (Lipinski definition) is 0. The van der Waals surface area contributed by atoms with Gasteiger partial charge in [0.1, 0.15) is 11.7 Å². The van der Waals surface area contributed by atoms with E-state index in [0.29, 0.717) is 6.10 Å². The fourth-order valence-electron chi connectivity index (χ4n) is 1.97. The van der Waals surface area contributed by atoms with Crippen molar-refractivity contribution in [3.8, 4) is 0 Å². The summed E-state index contributed by atoms with van der Waals surface area (Å²) in [6.45, 7) is 4.56. The third-order valence-electron chi connectivity index (χ3n) is 2.99. The molecule has 1 fully saturated rings. The van der Waals surface area contributed by atoms with Crippen LogP contribution in [0.4, 0.5) is 0 Å². The van der Waals surface area contributed by atoms with Gasteiger partial charge in [0.25, 0.3) is 0 Å². The minimum absolute atomic E-state index is 0. The van der Waals surface area contributed by atoms with Gasteiger partial charge in [-0.3, -0.25) is 0 Å². The molecule has 1 heterocycles. The molecule has 0 bridgehead atoms. The maximum atomic E-state index is 5.63. The standard InChI is InChI=1S/C10H16O.2CH3.Ti/c1-3-8(2)7-10-6-4-5-9(10)11-10;;;/h4-5,8-9H,3,6-7H2,1-2H3;2*1H3;/q;2*-1;+2. The quantitative estimate of drug-likeness (QED) is 0.313. The summed E-state index contributed by atoms with van der Waals surface area (Å²) in [7, 11) is 0. The van der Waals surface area contributed by atoms with Gasteiger partial charge in [0.05, 0.1) is 0 Å². The molecule has 2 aliphatic rings. The van der Waals surface area contributed by atoms with Crippen molar-refractivity contribution in [2.24, 2.45) is 5.92 Å². The van der Waals surface area contributed by atoms with Crippen LogP contribution in [0.1, 0.15) is 33.1 Å². The minimum Gasteiger partial charge on any atom is -0.361 e. The van der Waals surface area contributed by atoms with Crippen molar-refractivity contribution < 1.29 is 26.5 Å². The summed E-state index contributed by atoms with van der Waals surface area (Å²) < 4.78 is 5.63. The van der Waals surface area contributed by atoms with Crippen molar-refractivity contribution in [1.29, 1.82) is 0 Å². The van der Waals surface area contributed by atoms with Crippen LogP contribution in [0.25, 0.3) is 0 Å². The SMILES string of the molecule is CCC(C)CC12CC=CC1O2.[CH3-].[CH3-].[Ti+2]. The van der Waals surface area contributed by atoms with E-state index in [1.54, 1.807) is 0 Å². The molecule has 3 atom stereocenters. The summed E-state index contributed by atoms with van der Waals surface area (Å²) in [5.74, 6) is 0.819. The molecule has 0 aromatic rings. The zero-order valence-corrected chi connectivity index (χ0v) is 11.4. The molecule has 0 aromatic carbocycles. The van der Waals surface area contributed by atoms with E-state index >= 15 is 0 Å². The Morgan fingerprint density at radius 2 is 2.14 bits per heavy atom. The number of epoxide rings is 1. The molecular formula is C12H22OTi. The van der Waals surface area contributed by atoms with E-state index in [9.17, 15) is 0 Å². The second kappa shape index (κ2) is 6.10. The monoisotopic (exact) mass is 230 g/mol. The van der Waals surface area contributed by atoms with Crippen LogP contribution in [-0.4, -0.2) is 11.7 Å². The van der Waals surface area contributed by atoms with Gasteiger partial charge in [0.15, 0.2) is 0 Å². The van der Waals surface area contributed by atoms with Crippen molar-refractivity contribution in [2.45, 2.75) is 44.8 Å². The Morgan fingerprint density at radius 1 is 1.50 bits per heavy atom. The zero-order valence-electron chi connectivity index (χ0n) is 9.84. The van der Waals surface area contributed by atoms with E-state index in [0.717, 1.165) is 12.3 Å². The van der Waals surface area contributed by atoms with Gasteiger partial charge in [-0.1, -0.05) is 32.4 Å². The number of rotatable bonds is 3. The first-order valence-electron chi connectivity index (χ1n) is 4.61. The zero-order chi connectivity index (χ0) is 7.90. The first kappa shape index (κ1) is 16.8. The summed E-state index contributed by atoms with van der Waals surface area (Å²) in [4.78, 5) is 0. The second-order valence-corrected chi connectivity index (χ2v) is 3.95. The largest absolute Gasteiger partial charge is 2.00 e. The molecule has 80 valence electrons.